The average Bonchev–Trinajstić information content (AvgIpc) is 2.54. The van der Waals surface area contributed by atoms with Crippen molar-refractivity contribution >= 4 is 108 Å². The van der Waals surface area contributed by atoms with E-state index in [0.717, 1.165) is 23.6 Å². The molecule has 0 radical (unpaired) electrons. The first-order valence-corrected chi connectivity index (χ1v) is 31.6. The van der Waals surface area contributed by atoms with E-state index >= 15 is 0 Å². The maximum Gasteiger partial charge on any atom is 0.265 e. The third-order valence-corrected chi connectivity index (χ3v) is 28.1. The Kier molecular flexibility index (Phi) is 14.1. The number of nitrogens with zero attached hydrogens (tertiary/aromatic N) is 1. The topological polar surface area (TPSA) is 58.2 Å². The summed E-state index contributed by atoms with van der Waals surface area (Å²) in [5.41, 5.74) is 0. The molecule has 1 aromatic heterocycles. The second kappa shape index (κ2) is 13.9. The van der Waals surface area contributed by atoms with Gasteiger partial charge in [0.1, 0.15) is 6.54 Å². The van der Waals surface area contributed by atoms with Crippen LogP contribution in [0.5, 0.6) is 0 Å². The van der Waals surface area contributed by atoms with Crippen molar-refractivity contribution in [3.63, 3.8) is 0 Å². The fraction of sp³-hybridized carbons (Fsp3) is 0.750. The van der Waals surface area contributed by atoms with Crippen molar-refractivity contribution in [2.75, 3.05) is 82.7 Å². The molecular formula is C20H42NO3P6S5+. The van der Waals surface area contributed by atoms with Gasteiger partial charge in [-0.05, 0) is 82.8 Å². The van der Waals surface area contributed by atoms with Gasteiger partial charge in [-0.1, -0.05) is 63.1 Å². The van der Waals surface area contributed by atoms with E-state index in [9.17, 15) is 8.42 Å². The van der Waals surface area contributed by atoms with Crippen molar-refractivity contribution in [2.45, 2.75) is 13.0 Å². The summed E-state index contributed by atoms with van der Waals surface area (Å²) in [4.78, 5) is 0. The van der Waals surface area contributed by atoms with Crippen LogP contribution in [0.25, 0.3) is 0 Å². The van der Waals surface area contributed by atoms with Crippen LogP contribution < -0.4 is 15.2 Å². The van der Waals surface area contributed by atoms with Crippen molar-refractivity contribution < 1.29 is 17.5 Å². The zero-order valence-corrected chi connectivity index (χ0v) is 31.6. The first-order chi connectivity index (χ1) is 15.4. The number of hydrogen-bond acceptors (Lipinski definition) is 6. The molecule has 0 aliphatic heterocycles. The van der Waals surface area contributed by atoms with Crippen LogP contribution in [0, 0.1) is 0 Å². The fourth-order valence-electron chi connectivity index (χ4n) is 3.64. The molecule has 0 spiro atoms. The molecule has 0 amide bonds. The van der Waals surface area contributed by atoms with E-state index < -0.39 is 50.1 Å². The van der Waals surface area contributed by atoms with Crippen LogP contribution in [-0.4, -0.2) is 95.7 Å². The van der Waals surface area contributed by atoms with E-state index in [2.05, 4.69) is 76.3 Å². The Balaban J connectivity index is 3.72. The van der Waals surface area contributed by atoms with Crippen molar-refractivity contribution in [1.29, 1.82) is 0 Å². The largest absolute Gasteiger partial charge is 0.286 e. The molecule has 1 rings (SSSR count). The highest BCUT2D eigenvalue weighted by Gasteiger charge is 2.30. The predicted molar refractivity (Wildman–Crippen MR) is 185 cm³/mol. The van der Waals surface area contributed by atoms with Crippen molar-refractivity contribution in [3.8, 4) is 0 Å². The summed E-state index contributed by atoms with van der Waals surface area (Å²) in [5.74, 6) is 3.93. The average molecular weight is 691 g/mol. The second-order valence-corrected chi connectivity index (χ2v) is 44.7. The standard InChI is InChI=1S/C20H41NO3P6S5/c1-27(2,31)15-25(16-28(3,4)32)19-10-12-21(11-9-13-35(22,23)24)14-20(19)26(17-29(5,6)33)18-30(7,8)34/h10,12,14H,9,11,13,15-18H2,1-8H3/p+1. The van der Waals surface area contributed by atoms with Crippen molar-refractivity contribution in [3.05, 3.63) is 18.5 Å². The molecule has 15 heteroatoms. The van der Waals surface area contributed by atoms with Gasteiger partial charge in [-0.15, -0.1) is 0 Å². The van der Waals surface area contributed by atoms with E-state index in [4.69, 9.17) is 51.8 Å². The summed E-state index contributed by atoms with van der Waals surface area (Å²) in [6, 6.07) is -3.57. The predicted octanol–water partition coefficient (Wildman–Crippen LogP) is 5.25. The van der Waals surface area contributed by atoms with Gasteiger partial charge in [-0.25, -0.2) is 4.57 Å². The number of pyridine rings is 1. The molecule has 0 aromatic carbocycles. The lowest BCUT2D eigenvalue weighted by molar-refractivity contribution is -0.695. The van der Waals surface area contributed by atoms with E-state index in [-0.39, 0.29) is 5.75 Å². The molecule has 35 heavy (non-hydrogen) atoms. The fourth-order valence-corrected chi connectivity index (χ4v) is 29.3. The SMILES string of the molecule is CP(C)(=S)CP(CP(C)(C)=S)c1cc[n+](CCCS(=O)(=O)O)cc1P(CP(C)(C)=S)CP(C)(C)=S. The lowest BCUT2D eigenvalue weighted by atomic mass is 10.4. The summed E-state index contributed by atoms with van der Waals surface area (Å²) in [6.07, 6.45) is 4.67. The molecule has 0 aliphatic carbocycles. The number of aryl methyl sites for hydroxylation is 1. The molecule has 0 aliphatic rings. The van der Waals surface area contributed by atoms with Crippen LogP contribution in [0.2, 0.25) is 0 Å². The molecule has 0 saturated carbocycles. The highest BCUT2D eigenvalue weighted by atomic mass is 32.5. The van der Waals surface area contributed by atoms with Crippen LogP contribution in [0.4, 0.5) is 0 Å². The molecule has 0 saturated heterocycles. The summed E-state index contributed by atoms with van der Waals surface area (Å²) in [6.45, 7) is 18.4. The van der Waals surface area contributed by atoms with Crippen molar-refractivity contribution in [1.82, 2.24) is 0 Å². The minimum atomic E-state index is -3.97. The highest BCUT2D eigenvalue weighted by Crippen LogP contribution is 2.62. The van der Waals surface area contributed by atoms with Crippen LogP contribution in [0.1, 0.15) is 6.42 Å². The van der Waals surface area contributed by atoms with Crippen molar-refractivity contribution in [2.24, 2.45) is 0 Å². The van der Waals surface area contributed by atoms with Gasteiger partial charge in [0.05, 0.1) is 5.75 Å². The Morgan fingerprint density at radius 2 is 1.14 bits per heavy atom. The van der Waals surface area contributed by atoms with E-state index in [1.165, 1.54) is 10.6 Å². The second-order valence-electron chi connectivity index (χ2n) is 11.0. The number of aromatic nitrogens is 1. The van der Waals surface area contributed by atoms with Gasteiger partial charge in [0.2, 0.25) is 0 Å². The lowest BCUT2D eigenvalue weighted by Crippen LogP contribution is -2.41. The third-order valence-electron chi connectivity index (χ3n) is 4.52. The molecule has 204 valence electrons. The van der Waals surface area contributed by atoms with Crippen LogP contribution in [0.3, 0.4) is 0 Å². The molecule has 1 N–H and O–H groups in total. The maximum absolute atomic E-state index is 11.2. The molecule has 4 nitrogen and oxygen atoms in total. The molecule has 1 aromatic rings. The lowest BCUT2D eigenvalue weighted by Gasteiger charge is -2.31. The molecule has 0 bridgehead atoms. The van der Waals surface area contributed by atoms with E-state index in [1.807, 2.05) is 0 Å². The Labute approximate surface area is 237 Å². The first kappa shape index (κ1) is 35.5. The summed E-state index contributed by atoms with van der Waals surface area (Å²) in [7, 11) is -5.02. The number of hydrogen-bond donors (Lipinski definition) is 1. The van der Waals surface area contributed by atoms with Gasteiger partial charge >= 0.3 is 0 Å². The Morgan fingerprint density at radius 3 is 1.49 bits per heavy atom. The molecule has 0 fully saturated rings. The van der Waals surface area contributed by atoms with Crippen LogP contribution >= 0.6 is 40.0 Å². The summed E-state index contributed by atoms with van der Waals surface area (Å²) >= 11 is 23.8. The maximum atomic E-state index is 11.2. The Hall–Kier alpha value is 2.52. The van der Waals surface area contributed by atoms with Crippen LogP contribution in [-0.2, 0) is 63.9 Å². The third kappa shape index (κ3) is 17.1. The van der Waals surface area contributed by atoms with Gasteiger partial charge in [-0.3, -0.25) is 4.55 Å². The van der Waals surface area contributed by atoms with E-state index in [1.54, 1.807) is 0 Å². The summed E-state index contributed by atoms with van der Waals surface area (Å²) < 4.78 is 33.7. The highest BCUT2D eigenvalue weighted by molar-refractivity contribution is 8.21. The first-order valence-electron chi connectivity index (χ1n) is 11.1. The Bertz CT molecular complexity index is 1130. The van der Waals surface area contributed by atoms with Gasteiger partial charge in [0, 0.05) is 41.4 Å². The smallest absolute Gasteiger partial charge is 0.265 e. The number of rotatable bonds is 14. The Morgan fingerprint density at radius 1 is 0.771 bits per heavy atom. The zero-order valence-electron chi connectivity index (χ0n) is 22.1. The van der Waals surface area contributed by atoms with Gasteiger partial charge in [0.15, 0.2) is 12.4 Å². The molecule has 0 atom stereocenters. The van der Waals surface area contributed by atoms with Gasteiger partial charge in [-0.2, -0.15) is 8.42 Å². The normalized spacial score (nSPS) is 14.1. The van der Waals surface area contributed by atoms with E-state index in [0.29, 0.717) is 13.0 Å². The van der Waals surface area contributed by atoms with Crippen LogP contribution in [0.15, 0.2) is 18.5 Å². The minimum absolute atomic E-state index is 0.239. The van der Waals surface area contributed by atoms with Gasteiger partial charge in [0.25, 0.3) is 10.1 Å². The monoisotopic (exact) mass is 690 g/mol. The minimum Gasteiger partial charge on any atom is -0.286 e. The quantitative estimate of drug-likeness (QED) is 0.163. The molecular weight excluding hydrogens is 648 g/mol. The summed E-state index contributed by atoms with van der Waals surface area (Å²) in [5, 5.41) is 2.79. The zero-order chi connectivity index (χ0) is 27.5. The van der Waals surface area contributed by atoms with Gasteiger partial charge < -0.3 is 0 Å². The molecule has 0 unspecified atom stereocenters. The molecule has 1 heterocycles.